The van der Waals surface area contributed by atoms with Crippen LogP contribution in [0.25, 0.3) is 0 Å². The van der Waals surface area contributed by atoms with Crippen LogP contribution in [-0.2, 0) is 9.59 Å². The van der Waals surface area contributed by atoms with Gasteiger partial charge in [0.2, 0.25) is 5.91 Å². The van der Waals surface area contributed by atoms with Crippen molar-refractivity contribution in [3.63, 3.8) is 0 Å². The molecular formula is C11H17NO3. The second kappa shape index (κ2) is 6.88. The standard InChI is InChI=1S/C11H17NO3/c1-4-6-7-10(13)12(5-2)9(3)8-11(14)15/h1,9H,5-8H2,2-3H3,(H,14,15). The number of hydrogen-bond acceptors (Lipinski definition) is 2. The SMILES string of the molecule is C#CCCC(=O)N(CC)C(C)CC(=O)O. The number of aliphatic carboxylic acids is 1. The smallest absolute Gasteiger partial charge is 0.305 e. The Hall–Kier alpha value is -1.50. The predicted octanol–water partition coefficient (Wildman–Crippen LogP) is 1.11. The van der Waals surface area contributed by atoms with Crippen LogP contribution >= 0.6 is 0 Å². The second-order valence-corrected chi connectivity index (χ2v) is 3.33. The minimum atomic E-state index is -0.898. The average Bonchev–Trinajstić information content (AvgIpc) is 2.14. The number of terminal acetylenes is 1. The van der Waals surface area contributed by atoms with Gasteiger partial charge < -0.3 is 10.0 Å². The molecule has 1 amide bonds. The third-order valence-corrected chi connectivity index (χ3v) is 2.15. The number of nitrogens with zero attached hydrogens (tertiary/aromatic N) is 1. The Kier molecular flexibility index (Phi) is 6.19. The van der Waals surface area contributed by atoms with Gasteiger partial charge in [0.05, 0.1) is 6.42 Å². The van der Waals surface area contributed by atoms with Crippen LogP contribution < -0.4 is 0 Å². The first-order valence-electron chi connectivity index (χ1n) is 4.97. The molecule has 1 atom stereocenters. The molecule has 84 valence electrons. The molecule has 0 aromatic carbocycles. The van der Waals surface area contributed by atoms with Crippen molar-refractivity contribution in [2.75, 3.05) is 6.54 Å². The summed E-state index contributed by atoms with van der Waals surface area (Å²) >= 11 is 0. The van der Waals surface area contributed by atoms with Gasteiger partial charge in [0.1, 0.15) is 0 Å². The maximum atomic E-state index is 11.6. The minimum Gasteiger partial charge on any atom is -0.481 e. The molecule has 0 rings (SSSR count). The molecule has 15 heavy (non-hydrogen) atoms. The minimum absolute atomic E-state index is 0.0321. The quantitative estimate of drug-likeness (QED) is 0.669. The molecule has 0 aliphatic heterocycles. The van der Waals surface area contributed by atoms with E-state index >= 15 is 0 Å². The third-order valence-electron chi connectivity index (χ3n) is 2.15. The summed E-state index contributed by atoms with van der Waals surface area (Å²) in [6, 6.07) is -0.280. The fourth-order valence-corrected chi connectivity index (χ4v) is 1.42. The molecule has 0 spiro atoms. The highest BCUT2D eigenvalue weighted by Crippen LogP contribution is 2.07. The van der Waals surface area contributed by atoms with E-state index < -0.39 is 5.97 Å². The fourth-order valence-electron chi connectivity index (χ4n) is 1.42. The zero-order valence-electron chi connectivity index (χ0n) is 9.19. The summed E-state index contributed by atoms with van der Waals surface area (Å²) in [5, 5.41) is 8.62. The topological polar surface area (TPSA) is 57.6 Å². The largest absolute Gasteiger partial charge is 0.481 e. The van der Waals surface area contributed by atoms with Crippen molar-refractivity contribution in [2.45, 2.75) is 39.2 Å². The summed E-state index contributed by atoms with van der Waals surface area (Å²) < 4.78 is 0. The van der Waals surface area contributed by atoms with Crippen LogP contribution in [0.1, 0.15) is 33.1 Å². The van der Waals surface area contributed by atoms with E-state index in [4.69, 9.17) is 11.5 Å². The van der Waals surface area contributed by atoms with Gasteiger partial charge in [-0.05, 0) is 13.8 Å². The molecule has 0 radical (unpaired) electrons. The summed E-state index contributed by atoms with van der Waals surface area (Å²) in [5.74, 6) is 1.42. The molecule has 0 saturated carbocycles. The average molecular weight is 211 g/mol. The van der Waals surface area contributed by atoms with Gasteiger partial charge in [0.15, 0.2) is 0 Å². The summed E-state index contributed by atoms with van der Waals surface area (Å²) in [7, 11) is 0. The Labute approximate surface area is 90.3 Å². The Bertz CT molecular complexity index is 267. The van der Waals surface area contributed by atoms with Crippen LogP contribution in [0.15, 0.2) is 0 Å². The molecule has 0 aromatic rings. The first-order chi connectivity index (χ1) is 7.02. The van der Waals surface area contributed by atoms with E-state index in [0.29, 0.717) is 13.0 Å². The van der Waals surface area contributed by atoms with Crippen LogP contribution in [0.4, 0.5) is 0 Å². The van der Waals surface area contributed by atoms with Crippen LogP contribution in [0.3, 0.4) is 0 Å². The summed E-state index contributed by atoms with van der Waals surface area (Å²) in [6.07, 6.45) is 5.71. The highest BCUT2D eigenvalue weighted by atomic mass is 16.4. The highest BCUT2D eigenvalue weighted by Gasteiger charge is 2.19. The number of carboxylic acid groups (broad SMARTS) is 1. The lowest BCUT2D eigenvalue weighted by atomic mass is 10.1. The Balaban J connectivity index is 4.28. The predicted molar refractivity (Wildman–Crippen MR) is 57.2 cm³/mol. The lowest BCUT2D eigenvalue weighted by Crippen LogP contribution is -2.39. The van der Waals surface area contributed by atoms with Crippen molar-refractivity contribution < 1.29 is 14.7 Å². The van der Waals surface area contributed by atoms with Gasteiger partial charge in [0, 0.05) is 25.4 Å². The molecule has 0 bridgehead atoms. The van der Waals surface area contributed by atoms with Gasteiger partial charge in [-0.2, -0.15) is 0 Å². The van der Waals surface area contributed by atoms with Crippen LogP contribution in [-0.4, -0.2) is 34.5 Å². The van der Waals surface area contributed by atoms with Crippen LogP contribution in [0.5, 0.6) is 0 Å². The van der Waals surface area contributed by atoms with Gasteiger partial charge in [0.25, 0.3) is 0 Å². The highest BCUT2D eigenvalue weighted by molar-refractivity contribution is 5.77. The van der Waals surface area contributed by atoms with Gasteiger partial charge in [-0.25, -0.2) is 0 Å². The molecular weight excluding hydrogens is 194 g/mol. The van der Waals surface area contributed by atoms with Crippen molar-refractivity contribution >= 4 is 11.9 Å². The Morgan fingerprint density at radius 2 is 2.13 bits per heavy atom. The Morgan fingerprint density at radius 3 is 2.53 bits per heavy atom. The lowest BCUT2D eigenvalue weighted by molar-refractivity contribution is -0.140. The number of hydrogen-bond donors (Lipinski definition) is 1. The number of amides is 1. The summed E-state index contributed by atoms with van der Waals surface area (Å²) in [4.78, 5) is 23.6. The molecule has 0 fully saturated rings. The van der Waals surface area contributed by atoms with Gasteiger partial charge in [-0.3, -0.25) is 9.59 Å². The van der Waals surface area contributed by atoms with Crippen molar-refractivity contribution in [1.82, 2.24) is 4.90 Å². The fraction of sp³-hybridized carbons (Fsp3) is 0.636. The van der Waals surface area contributed by atoms with E-state index in [1.54, 1.807) is 11.8 Å². The summed E-state index contributed by atoms with van der Waals surface area (Å²) in [6.45, 7) is 4.06. The van der Waals surface area contributed by atoms with Gasteiger partial charge in [-0.1, -0.05) is 0 Å². The summed E-state index contributed by atoms with van der Waals surface area (Å²) in [5.41, 5.74) is 0. The van der Waals surface area contributed by atoms with E-state index in [1.165, 1.54) is 0 Å². The first kappa shape index (κ1) is 13.5. The van der Waals surface area contributed by atoms with Crippen molar-refractivity contribution in [3.8, 4) is 12.3 Å². The van der Waals surface area contributed by atoms with E-state index in [9.17, 15) is 9.59 Å². The molecule has 0 saturated heterocycles. The molecule has 0 aliphatic carbocycles. The number of carbonyl (C=O) groups excluding carboxylic acids is 1. The van der Waals surface area contributed by atoms with E-state index in [-0.39, 0.29) is 24.8 Å². The number of carboxylic acids is 1. The first-order valence-corrected chi connectivity index (χ1v) is 4.97. The van der Waals surface area contributed by atoms with E-state index in [0.717, 1.165) is 0 Å². The zero-order chi connectivity index (χ0) is 11.8. The maximum absolute atomic E-state index is 11.6. The van der Waals surface area contributed by atoms with E-state index in [2.05, 4.69) is 5.92 Å². The second-order valence-electron chi connectivity index (χ2n) is 3.33. The molecule has 1 N–H and O–H groups in total. The van der Waals surface area contributed by atoms with Crippen molar-refractivity contribution in [1.29, 1.82) is 0 Å². The van der Waals surface area contributed by atoms with Crippen LogP contribution in [0.2, 0.25) is 0 Å². The molecule has 0 aliphatic rings. The van der Waals surface area contributed by atoms with Crippen LogP contribution in [0, 0.1) is 12.3 Å². The third kappa shape index (κ3) is 5.06. The zero-order valence-corrected chi connectivity index (χ0v) is 9.19. The van der Waals surface area contributed by atoms with Crippen molar-refractivity contribution in [3.05, 3.63) is 0 Å². The number of carbonyl (C=O) groups is 2. The van der Waals surface area contributed by atoms with Crippen molar-refractivity contribution in [2.24, 2.45) is 0 Å². The van der Waals surface area contributed by atoms with Gasteiger partial charge in [-0.15, -0.1) is 12.3 Å². The molecule has 4 heteroatoms. The van der Waals surface area contributed by atoms with E-state index in [1.807, 2.05) is 6.92 Å². The lowest BCUT2D eigenvalue weighted by Gasteiger charge is -2.26. The molecule has 4 nitrogen and oxygen atoms in total. The molecule has 0 heterocycles. The maximum Gasteiger partial charge on any atom is 0.305 e. The molecule has 1 unspecified atom stereocenters. The number of rotatable bonds is 6. The normalized spacial score (nSPS) is 11.5. The Morgan fingerprint density at radius 1 is 1.53 bits per heavy atom. The monoisotopic (exact) mass is 211 g/mol. The molecule has 0 aromatic heterocycles. The van der Waals surface area contributed by atoms with Gasteiger partial charge >= 0.3 is 5.97 Å².